The Hall–Kier alpha value is -1.35. The molecule has 0 aromatic carbocycles. The van der Waals surface area contributed by atoms with Crippen LogP contribution in [0.5, 0.6) is 0 Å². The van der Waals surface area contributed by atoms with Crippen molar-refractivity contribution in [2.24, 2.45) is 0 Å². The Balaban J connectivity index is 1.58. The predicted octanol–water partition coefficient (Wildman–Crippen LogP) is 1.45. The van der Waals surface area contributed by atoms with Crippen molar-refractivity contribution in [1.82, 2.24) is 10.2 Å². The van der Waals surface area contributed by atoms with Crippen LogP contribution in [0.15, 0.2) is 11.4 Å². The summed E-state index contributed by atoms with van der Waals surface area (Å²) in [6.07, 6.45) is 4.11. The van der Waals surface area contributed by atoms with E-state index >= 15 is 0 Å². The molecule has 2 heterocycles. The highest BCUT2D eigenvalue weighted by Crippen LogP contribution is 2.30. The summed E-state index contributed by atoms with van der Waals surface area (Å²) < 4.78 is 0. The van der Waals surface area contributed by atoms with Crippen LogP contribution in [-0.4, -0.2) is 47.7 Å². The quantitative estimate of drug-likeness (QED) is 0.828. The molecule has 2 fully saturated rings. The Morgan fingerprint density at radius 1 is 1.48 bits per heavy atom. The fourth-order valence-electron chi connectivity index (χ4n) is 2.72. The van der Waals surface area contributed by atoms with E-state index in [4.69, 9.17) is 5.11 Å². The average Bonchev–Trinajstić information content (AvgIpc) is 3.04. The maximum atomic E-state index is 12.4. The number of thiophene rings is 1. The third kappa shape index (κ3) is 3.65. The standard InChI is InChI=1S/C16H20N2O2S/c19-9-2-1-3-12-7-10-21-15(12)16(20)17-13-6-8-18(11-13)14-4-5-14/h7,10,13-14,19H,2,4-6,8-9,11H2,(H,17,20). The van der Waals surface area contributed by atoms with Crippen LogP contribution in [0.3, 0.4) is 0 Å². The van der Waals surface area contributed by atoms with Gasteiger partial charge in [-0.25, -0.2) is 0 Å². The molecular formula is C16H20N2O2S. The zero-order valence-corrected chi connectivity index (χ0v) is 12.8. The van der Waals surface area contributed by atoms with Gasteiger partial charge in [0.2, 0.25) is 0 Å². The van der Waals surface area contributed by atoms with Crippen molar-refractivity contribution in [1.29, 1.82) is 0 Å². The van der Waals surface area contributed by atoms with Crippen LogP contribution in [0.4, 0.5) is 0 Å². The maximum Gasteiger partial charge on any atom is 0.262 e. The number of carbonyl (C=O) groups excluding carboxylic acids is 1. The first-order valence-electron chi connectivity index (χ1n) is 7.50. The molecule has 0 spiro atoms. The molecule has 112 valence electrons. The van der Waals surface area contributed by atoms with Gasteiger partial charge in [-0.1, -0.05) is 11.8 Å². The summed E-state index contributed by atoms with van der Waals surface area (Å²) in [4.78, 5) is 15.5. The SMILES string of the molecule is O=C(NC1CCN(C2CC2)C1)c1sccc1C#CCCO. The number of aliphatic hydroxyl groups excluding tert-OH is 1. The van der Waals surface area contributed by atoms with Gasteiger partial charge in [0.25, 0.3) is 5.91 Å². The van der Waals surface area contributed by atoms with Crippen LogP contribution in [-0.2, 0) is 0 Å². The van der Waals surface area contributed by atoms with Gasteiger partial charge < -0.3 is 10.4 Å². The van der Waals surface area contributed by atoms with Gasteiger partial charge in [0, 0.05) is 37.2 Å². The van der Waals surface area contributed by atoms with Crippen molar-refractivity contribution in [3.8, 4) is 11.8 Å². The molecule has 1 aliphatic heterocycles. The molecule has 21 heavy (non-hydrogen) atoms. The molecule has 1 aliphatic carbocycles. The summed E-state index contributed by atoms with van der Waals surface area (Å²) in [5.41, 5.74) is 0.767. The van der Waals surface area contributed by atoms with E-state index in [2.05, 4.69) is 22.1 Å². The smallest absolute Gasteiger partial charge is 0.262 e. The van der Waals surface area contributed by atoms with E-state index in [9.17, 15) is 4.79 Å². The van der Waals surface area contributed by atoms with E-state index in [1.54, 1.807) is 0 Å². The van der Waals surface area contributed by atoms with Crippen LogP contribution in [0.2, 0.25) is 0 Å². The Morgan fingerprint density at radius 3 is 3.10 bits per heavy atom. The molecule has 0 bridgehead atoms. The van der Waals surface area contributed by atoms with Crippen molar-refractivity contribution in [2.75, 3.05) is 19.7 Å². The van der Waals surface area contributed by atoms with Crippen molar-refractivity contribution in [2.45, 2.75) is 37.8 Å². The minimum atomic E-state index is -0.0130. The molecule has 1 aromatic rings. The third-order valence-corrected chi connectivity index (χ3v) is 4.86. The Morgan fingerprint density at radius 2 is 2.33 bits per heavy atom. The van der Waals surface area contributed by atoms with Crippen molar-refractivity contribution in [3.63, 3.8) is 0 Å². The lowest BCUT2D eigenvalue weighted by atomic mass is 10.2. The van der Waals surface area contributed by atoms with E-state index in [0.29, 0.717) is 11.3 Å². The number of rotatable bonds is 4. The molecule has 1 saturated heterocycles. The number of hydrogen-bond donors (Lipinski definition) is 2. The number of nitrogens with one attached hydrogen (secondary N) is 1. The molecule has 1 unspecified atom stereocenters. The topological polar surface area (TPSA) is 52.6 Å². The molecule has 1 amide bonds. The second-order valence-corrected chi connectivity index (χ2v) is 6.54. The molecule has 1 saturated carbocycles. The molecule has 3 rings (SSSR count). The summed E-state index contributed by atoms with van der Waals surface area (Å²) in [5, 5.41) is 13.8. The number of aliphatic hydroxyl groups is 1. The first-order chi connectivity index (χ1) is 10.3. The van der Waals surface area contributed by atoms with Gasteiger partial charge in [-0.3, -0.25) is 9.69 Å². The van der Waals surface area contributed by atoms with Crippen LogP contribution < -0.4 is 5.32 Å². The first kappa shape index (κ1) is 14.6. The van der Waals surface area contributed by atoms with E-state index in [0.717, 1.165) is 31.1 Å². The van der Waals surface area contributed by atoms with Crippen molar-refractivity contribution >= 4 is 17.2 Å². The minimum Gasteiger partial charge on any atom is -0.395 e. The second-order valence-electron chi connectivity index (χ2n) is 5.62. The zero-order chi connectivity index (χ0) is 14.7. The van der Waals surface area contributed by atoms with Crippen LogP contribution >= 0.6 is 11.3 Å². The summed E-state index contributed by atoms with van der Waals surface area (Å²) in [5.74, 6) is 5.83. The molecular weight excluding hydrogens is 284 g/mol. The summed E-state index contributed by atoms with van der Waals surface area (Å²) in [7, 11) is 0. The minimum absolute atomic E-state index is 0.0130. The Bertz CT molecular complexity index is 568. The van der Waals surface area contributed by atoms with Gasteiger partial charge in [-0.15, -0.1) is 11.3 Å². The van der Waals surface area contributed by atoms with Crippen molar-refractivity contribution in [3.05, 3.63) is 21.9 Å². The predicted molar refractivity (Wildman–Crippen MR) is 83.4 cm³/mol. The lowest BCUT2D eigenvalue weighted by molar-refractivity contribution is 0.0941. The maximum absolute atomic E-state index is 12.4. The summed E-state index contributed by atoms with van der Waals surface area (Å²) in [6.45, 7) is 2.13. The van der Waals surface area contributed by atoms with Gasteiger partial charge in [-0.2, -0.15) is 0 Å². The molecule has 5 heteroatoms. The highest BCUT2D eigenvalue weighted by molar-refractivity contribution is 7.12. The number of nitrogens with zero attached hydrogens (tertiary/aromatic N) is 1. The molecule has 4 nitrogen and oxygen atoms in total. The highest BCUT2D eigenvalue weighted by Gasteiger charge is 2.35. The van der Waals surface area contributed by atoms with E-state index in [1.807, 2.05) is 11.4 Å². The lowest BCUT2D eigenvalue weighted by Crippen LogP contribution is -2.37. The van der Waals surface area contributed by atoms with Crippen molar-refractivity contribution < 1.29 is 9.90 Å². The van der Waals surface area contributed by atoms with Crippen LogP contribution in [0, 0.1) is 11.8 Å². The molecule has 2 N–H and O–H groups in total. The number of likely N-dealkylation sites (tertiary alicyclic amines) is 1. The van der Waals surface area contributed by atoms with Gasteiger partial charge in [0.05, 0.1) is 6.61 Å². The van der Waals surface area contributed by atoms with E-state index in [-0.39, 0.29) is 18.6 Å². The highest BCUT2D eigenvalue weighted by atomic mass is 32.1. The molecule has 1 aromatic heterocycles. The summed E-state index contributed by atoms with van der Waals surface area (Å²) >= 11 is 1.43. The normalized spacial score (nSPS) is 21.9. The van der Waals surface area contributed by atoms with Gasteiger partial charge in [0.1, 0.15) is 4.88 Å². The fourth-order valence-corrected chi connectivity index (χ4v) is 3.48. The molecule has 1 atom stereocenters. The van der Waals surface area contributed by atoms with E-state index < -0.39 is 0 Å². The third-order valence-electron chi connectivity index (χ3n) is 3.95. The van der Waals surface area contributed by atoms with Gasteiger partial charge in [-0.05, 0) is 30.7 Å². The van der Waals surface area contributed by atoms with Gasteiger partial charge in [0.15, 0.2) is 0 Å². The number of amides is 1. The molecule has 2 aliphatic rings. The van der Waals surface area contributed by atoms with Crippen LogP contribution in [0.1, 0.15) is 40.9 Å². The lowest BCUT2D eigenvalue weighted by Gasteiger charge is -2.15. The Kier molecular flexibility index (Phi) is 4.59. The largest absolute Gasteiger partial charge is 0.395 e. The first-order valence-corrected chi connectivity index (χ1v) is 8.38. The number of hydrogen-bond acceptors (Lipinski definition) is 4. The zero-order valence-electron chi connectivity index (χ0n) is 12.0. The number of carbonyl (C=O) groups is 1. The summed E-state index contributed by atoms with van der Waals surface area (Å²) in [6, 6.07) is 2.90. The molecule has 0 radical (unpaired) electrons. The Labute approximate surface area is 129 Å². The fraction of sp³-hybridized carbons (Fsp3) is 0.562. The van der Waals surface area contributed by atoms with Gasteiger partial charge >= 0.3 is 0 Å². The van der Waals surface area contributed by atoms with E-state index in [1.165, 1.54) is 24.2 Å². The second kappa shape index (κ2) is 6.61. The van der Waals surface area contributed by atoms with Crippen LogP contribution in [0.25, 0.3) is 0 Å². The monoisotopic (exact) mass is 304 g/mol. The average molecular weight is 304 g/mol.